The van der Waals surface area contributed by atoms with Crippen LogP contribution in [0, 0.1) is 12.8 Å². The summed E-state index contributed by atoms with van der Waals surface area (Å²) in [6, 6.07) is 17.4. The van der Waals surface area contributed by atoms with Crippen molar-refractivity contribution in [3.05, 3.63) is 71.3 Å². The first kappa shape index (κ1) is 17.2. The normalized spacial score (nSPS) is 17.2. The first-order chi connectivity index (χ1) is 12.1. The first-order valence-corrected chi connectivity index (χ1v) is 8.81. The topological polar surface area (TPSA) is 49.4 Å². The Labute approximate surface area is 148 Å². The van der Waals surface area contributed by atoms with Crippen molar-refractivity contribution in [1.82, 2.24) is 10.2 Å². The molecule has 0 bridgehead atoms. The predicted molar refractivity (Wildman–Crippen MR) is 98.5 cm³/mol. The van der Waals surface area contributed by atoms with E-state index in [-0.39, 0.29) is 17.7 Å². The molecule has 0 saturated carbocycles. The van der Waals surface area contributed by atoms with Gasteiger partial charge in [0, 0.05) is 31.1 Å². The number of amides is 2. The van der Waals surface area contributed by atoms with Crippen molar-refractivity contribution in [2.24, 2.45) is 5.92 Å². The summed E-state index contributed by atoms with van der Waals surface area (Å²) >= 11 is 0. The summed E-state index contributed by atoms with van der Waals surface area (Å²) in [6.07, 6.45) is 1.70. The van der Waals surface area contributed by atoms with Gasteiger partial charge in [-0.05, 0) is 25.3 Å². The smallest absolute Gasteiger partial charge is 0.317 e. The Kier molecular flexibility index (Phi) is 5.49. The Balaban J connectivity index is 1.57. The molecule has 1 fully saturated rings. The largest absolute Gasteiger partial charge is 0.334 e. The van der Waals surface area contributed by atoms with E-state index in [0.717, 1.165) is 29.5 Å². The molecule has 1 heterocycles. The van der Waals surface area contributed by atoms with Gasteiger partial charge in [0.15, 0.2) is 5.78 Å². The molecule has 1 saturated heterocycles. The van der Waals surface area contributed by atoms with E-state index in [9.17, 15) is 9.59 Å². The minimum atomic E-state index is -0.112. The van der Waals surface area contributed by atoms with E-state index >= 15 is 0 Å². The van der Waals surface area contributed by atoms with E-state index in [1.165, 1.54) is 0 Å². The molecule has 130 valence electrons. The van der Waals surface area contributed by atoms with Crippen molar-refractivity contribution in [2.45, 2.75) is 26.3 Å². The number of hydrogen-bond donors (Lipinski definition) is 1. The van der Waals surface area contributed by atoms with Gasteiger partial charge in [0.1, 0.15) is 0 Å². The van der Waals surface area contributed by atoms with Gasteiger partial charge in [0.25, 0.3) is 0 Å². The number of Topliss-reactive ketones (excluding diaryl/α,β-unsaturated/α-hetero) is 1. The van der Waals surface area contributed by atoms with Gasteiger partial charge in [0.2, 0.25) is 0 Å². The molecule has 0 radical (unpaired) electrons. The van der Waals surface area contributed by atoms with Gasteiger partial charge in [-0.1, -0.05) is 60.2 Å². The van der Waals surface area contributed by atoms with Gasteiger partial charge in [-0.2, -0.15) is 0 Å². The van der Waals surface area contributed by atoms with Gasteiger partial charge >= 0.3 is 6.03 Å². The van der Waals surface area contributed by atoms with E-state index in [4.69, 9.17) is 0 Å². The molecule has 4 heteroatoms. The third kappa shape index (κ3) is 4.47. The molecular formula is C21H24N2O2. The van der Waals surface area contributed by atoms with Crippen LogP contribution in [0.25, 0.3) is 0 Å². The number of urea groups is 1. The van der Waals surface area contributed by atoms with Crippen molar-refractivity contribution < 1.29 is 9.59 Å². The lowest BCUT2D eigenvalue weighted by Gasteiger charge is -2.32. The minimum absolute atomic E-state index is 0.0924. The van der Waals surface area contributed by atoms with Crippen molar-refractivity contribution >= 4 is 11.8 Å². The van der Waals surface area contributed by atoms with Crippen LogP contribution in [0.15, 0.2) is 54.6 Å². The molecule has 4 nitrogen and oxygen atoms in total. The van der Waals surface area contributed by atoms with Gasteiger partial charge in [0.05, 0.1) is 0 Å². The second kappa shape index (κ2) is 7.97. The molecule has 3 rings (SSSR count). The first-order valence-electron chi connectivity index (χ1n) is 8.81. The summed E-state index contributed by atoms with van der Waals surface area (Å²) in [7, 11) is 0. The Morgan fingerprint density at radius 2 is 1.80 bits per heavy atom. The lowest BCUT2D eigenvalue weighted by Crippen LogP contribution is -2.46. The van der Waals surface area contributed by atoms with Crippen LogP contribution in [0.3, 0.4) is 0 Å². The summed E-state index contributed by atoms with van der Waals surface area (Å²) in [5.74, 6) is 0.0273. The lowest BCUT2D eigenvalue weighted by atomic mass is 9.90. The molecule has 25 heavy (non-hydrogen) atoms. The highest BCUT2D eigenvalue weighted by atomic mass is 16.2. The fourth-order valence-corrected chi connectivity index (χ4v) is 3.21. The number of nitrogens with one attached hydrogen (secondary N) is 1. The maximum atomic E-state index is 12.7. The SMILES string of the molecule is Cc1ccc(C(=O)C2CCCN(C(=O)NCc3ccccc3)C2)cc1. The standard InChI is InChI=1S/C21H24N2O2/c1-16-9-11-18(12-10-16)20(24)19-8-5-13-23(15-19)21(25)22-14-17-6-3-2-4-7-17/h2-4,6-7,9-12,19H,5,8,13-15H2,1H3,(H,22,25). The van der Waals surface area contributed by atoms with Gasteiger partial charge in [-0.3, -0.25) is 4.79 Å². The molecule has 1 atom stereocenters. The van der Waals surface area contributed by atoms with E-state index < -0.39 is 0 Å². The van der Waals surface area contributed by atoms with Gasteiger partial charge in [-0.25, -0.2) is 4.79 Å². The van der Waals surface area contributed by atoms with Crippen LogP contribution in [-0.4, -0.2) is 29.8 Å². The van der Waals surface area contributed by atoms with E-state index in [1.54, 1.807) is 4.90 Å². The minimum Gasteiger partial charge on any atom is -0.334 e. The zero-order chi connectivity index (χ0) is 17.6. The second-order valence-electron chi connectivity index (χ2n) is 6.66. The number of piperidine rings is 1. The predicted octanol–water partition coefficient (Wildman–Crippen LogP) is 3.80. The molecule has 2 aromatic rings. The van der Waals surface area contributed by atoms with Crippen LogP contribution < -0.4 is 5.32 Å². The molecule has 0 spiro atoms. The average Bonchev–Trinajstić information content (AvgIpc) is 2.67. The van der Waals surface area contributed by atoms with Crippen molar-refractivity contribution in [1.29, 1.82) is 0 Å². The molecule has 2 amide bonds. The maximum Gasteiger partial charge on any atom is 0.317 e. The Morgan fingerprint density at radius 1 is 1.08 bits per heavy atom. The molecule has 1 aliphatic heterocycles. The molecule has 0 aromatic heterocycles. The molecule has 1 N–H and O–H groups in total. The summed E-state index contributed by atoms with van der Waals surface area (Å²) in [4.78, 5) is 26.9. The number of likely N-dealkylation sites (tertiary alicyclic amines) is 1. The zero-order valence-electron chi connectivity index (χ0n) is 14.6. The summed E-state index contributed by atoms with van der Waals surface area (Å²) in [5, 5.41) is 2.95. The number of nitrogens with zero attached hydrogens (tertiary/aromatic N) is 1. The van der Waals surface area contributed by atoms with Gasteiger partial charge in [-0.15, -0.1) is 0 Å². The number of carbonyl (C=O) groups excluding carboxylic acids is 2. The Morgan fingerprint density at radius 3 is 2.52 bits per heavy atom. The highest BCUT2D eigenvalue weighted by molar-refractivity contribution is 5.98. The van der Waals surface area contributed by atoms with E-state index in [0.29, 0.717) is 19.6 Å². The van der Waals surface area contributed by atoms with Crippen molar-refractivity contribution in [2.75, 3.05) is 13.1 Å². The monoisotopic (exact) mass is 336 g/mol. The fourth-order valence-electron chi connectivity index (χ4n) is 3.21. The summed E-state index contributed by atoms with van der Waals surface area (Å²) < 4.78 is 0. The average molecular weight is 336 g/mol. The van der Waals surface area contributed by atoms with Crippen LogP contribution in [0.5, 0.6) is 0 Å². The lowest BCUT2D eigenvalue weighted by molar-refractivity contribution is 0.0845. The number of rotatable bonds is 4. The number of ketones is 1. The number of hydrogen-bond acceptors (Lipinski definition) is 2. The molecule has 0 aliphatic carbocycles. The van der Waals surface area contributed by atoms with E-state index in [2.05, 4.69) is 5.32 Å². The summed E-state index contributed by atoms with van der Waals surface area (Å²) in [6.45, 7) is 3.71. The van der Waals surface area contributed by atoms with Crippen LogP contribution >= 0.6 is 0 Å². The number of benzene rings is 2. The number of carbonyl (C=O) groups is 2. The van der Waals surface area contributed by atoms with Crippen molar-refractivity contribution in [3.63, 3.8) is 0 Å². The highest BCUT2D eigenvalue weighted by Gasteiger charge is 2.28. The summed E-state index contributed by atoms with van der Waals surface area (Å²) in [5.41, 5.74) is 2.95. The molecular weight excluding hydrogens is 312 g/mol. The maximum absolute atomic E-state index is 12.7. The third-order valence-corrected chi connectivity index (χ3v) is 4.70. The van der Waals surface area contributed by atoms with Crippen LogP contribution in [-0.2, 0) is 6.54 Å². The molecule has 2 aromatic carbocycles. The quantitative estimate of drug-likeness (QED) is 0.864. The fraction of sp³-hybridized carbons (Fsp3) is 0.333. The Bertz CT molecular complexity index is 725. The number of aryl methyl sites for hydroxylation is 1. The molecule has 1 aliphatic rings. The van der Waals surface area contributed by atoms with Crippen LogP contribution in [0.1, 0.15) is 34.3 Å². The van der Waals surface area contributed by atoms with Crippen LogP contribution in [0.4, 0.5) is 4.79 Å². The third-order valence-electron chi connectivity index (χ3n) is 4.70. The second-order valence-corrected chi connectivity index (χ2v) is 6.66. The van der Waals surface area contributed by atoms with Crippen LogP contribution in [0.2, 0.25) is 0 Å². The molecule has 1 unspecified atom stereocenters. The van der Waals surface area contributed by atoms with Gasteiger partial charge < -0.3 is 10.2 Å². The van der Waals surface area contributed by atoms with Crippen molar-refractivity contribution in [3.8, 4) is 0 Å². The van der Waals surface area contributed by atoms with E-state index in [1.807, 2.05) is 61.5 Å². The Hall–Kier alpha value is -2.62. The highest BCUT2D eigenvalue weighted by Crippen LogP contribution is 2.21. The zero-order valence-corrected chi connectivity index (χ0v) is 14.6.